The average Bonchev–Trinajstić information content (AvgIpc) is 3.05. The third kappa shape index (κ3) is 5.55. The van der Waals surface area contributed by atoms with Crippen LogP contribution in [0.1, 0.15) is 45.7 Å². The second-order valence-corrected chi connectivity index (χ2v) is 9.14. The van der Waals surface area contributed by atoms with Crippen LogP contribution < -0.4 is 10.6 Å². The van der Waals surface area contributed by atoms with Crippen molar-refractivity contribution in [2.24, 2.45) is 5.92 Å². The molecule has 0 aliphatic heterocycles. The van der Waals surface area contributed by atoms with E-state index < -0.39 is 0 Å². The molecule has 3 rings (SSSR count). The van der Waals surface area contributed by atoms with Gasteiger partial charge in [0, 0.05) is 15.7 Å². The second kappa shape index (κ2) is 9.37. The van der Waals surface area contributed by atoms with Crippen LogP contribution in [-0.2, 0) is 6.42 Å². The molecule has 1 aromatic heterocycles. The normalized spacial score (nSPS) is 10.8. The van der Waals surface area contributed by atoms with E-state index in [1.807, 2.05) is 48.7 Å². The summed E-state index contributed by atoms with van der Waals surface area (Å²) < 4.78 is 0.942. The highest BCUT2D eigenvalue weighted by Gasteiger charge is 2.22. The highest BCUT2D eigenvalue weighted by molar-refractivity contribution is 9.10. The SMILES string of the molecule is Cc1ccc(C(=O)Nc2scc(CC(C)C)c2C(=O)Nc2ccc(Br)cc2)cc1. The molecule has 0 saturated heterocycles. The Bertz CT molecular complexity index is 1010. The molecule has 0 aliphatic rings. The maximum absolute atomic E-state index is 13.1. The number of nitrogens with one attached hydrogen (secondary N) is 2. The Morgan fingerprint density at radius 2 is 1.62 bits per heavy atom. The fraction of sp³-hybridized carbons (Fsp3) is 0.217. The Morgan fingerprint density at radius 3 is 2.24 bits per heavy atom. The predicted molar refractivity (Wildman–Crippen MR) is 124 cm³/mol. The number of carbonyl (C=O) groups is 2. The van der Waals surface area contributed by atoms with Gasteiger partial charge in [-0.1, -0.05) is 47.5 Å². The van der Waals surface area contributed by atoms with Crippen LogP contribution in [0.25, 0.3) is 0 Å². The first-order valence-electron chi connectivity index (χ1n) is 9.38. The van der Waals surface area contributed by atoms with E-state index in [4.69, 9.17) is 0 Å². The second-order valence-electron chi connectivity index (χ2n) is 7.34. The standard InChI is InChI=1S/C23H23BrN2O2S/c1-14(2)12-17-13-29-23(26-21(27)16-6-4-15(3)5-7-16)20(17)22(28)25-19-10-8-18(24)9-11-19/h4-11,13-14H,12H2,1-3H3,(H,25,28)(H,26,27). The molecule has 0 aliphatic carbocycles. The monoisotopic (exact) mass is 470 g/mol. The Kier molecular flexibility index (Phi) is 6.87. The van der Waals surface area contributed by atoms with Gasteiger partial charge in [0.05, 0.1) is 5.56 Å². The fourth-order valence-corrected chi connectivity index (χ4v) is 4.16. The summed E-state index contributed by atoms with van der Waals surface area (Å²) in [5.41, 5.74) is 3.83. The van der Waals surface area contributed by atoms with E-state index in [0.717, 1.165) is 22.0 Å². The van der Waals surface area contributed by atoms with Gasteiger partial charge in [0.25, 0.3) is 11.8 Å². The number of benzene rings is 2. The van der Waals surface area contributed by atoms with E-state index in [0.29, 0.717) is 27.7 Å². The van der Waals surface area contributed by atoms with Crippen molar-refractivity contribution >= 4 is 49.8 Å². The molecule has 150 valence electrons. The molecular formula is C23H23BrN2O2S. The molecule has 0 saturated carbocycles. The van der Waals surface area contributed by atoms with Crippen molar-refractivity contribution in [2.75, 3.05) is 10.6 Å². The Labute approximate surface area is 183 Å². The zero-order chi connectivity index (χ0) is 21.0. The lowest BCUT2D eigenvalue weighted by Crippen LogP contribution is -2.18. The van der Waals surface area contributed by atoms with E-state index in [2.05, 4.69) is 40.4 Å². The molecule has 4 nitrogen and oxygen atoms in total. The van der Waals surface area contributed by atoms with Crippen LogP contribution in [0.2, 0.25) is 0 Å². The lowest BCUT2D eigenvalue weighted by molar-refractivity contribution is 0.102. The maximum atomic E-state index is 13.1. The van der Waals surface area contributed by atoms with E-state index in [1.54, 1.807) is 12.1 Å². The Balaban J connectivity index is 1.87. The molecule has 0 fully saturated rings. The van der Waals surface area contributed by atoms with E-state index in [1.165, 1.54) is 11.3 Å². The molecule has 29 heavy (non-hydrogen) atoms. The molecule has 6 heteroatoms. The molecule has 0 radical (unpaired) electrons. The highest BCUT2D eigenvalue weighted by atomic mass is 79.9. The number of hydrogen-bond acceptors (Lipinski definition) is 3. The van der Waals surface area contributed by atoms with Gasteiger partial charge in [-0.05, 0) is 66.6 Å². The van der Waals surface area contributed by atoms with E-state index in [-0.39, 0.29) is 11.8 Å². The van der Waals surface area contributed by atoms with Crippen molar-refractivity contribution in [3.8, 4) is 0 Å². The number of anilines is 2. The number of carbonyl (C=O) groups excluding carboxylic acids is 2. The van der Waals surface area contributed by atoms with Gasteiger partial charge in [0.2, 0.25) is 0 Å². The zero-order valence-electron chi connectivity index (χ0n) is 16.6. The first kappa shape index (κ1) is 21.3. The van der Waals surface area contributed by atoms with Gasteiger partial charge in [-0.2, -0.15) is 0 Å². The zero-order valence-corrected chi connectivity index (χ0v) is 19.0. The van der Waals surface area contributed by atoms with Crippen LogP contribution in [0.5, 0.6) is 0 Å². The van der Waals surface area contributed by atoms with Crippen LogP contribution in [0, 0.1) is 12.8 Å². The van der Waals surface area contributed by atoms with Crippen molar-refractivity contribution in [3.05, 3.63) is 80.6 Å². The summed E-state index contributed by atoms with van der Waals surface area (Å²) in [4.78, 5) is 25.8. The van der Waals surface area contributed by atoms with Crippen LogP contribution >= 0.6 is 27.3 Å². The van der Waals surface area contributed by atoms with Gasteiger partial charge in [0.15, 0.2) is 0 Å². The summed E-state index contributed by atoms with van der Waals surface area (Å²) in [6, 6.07) is 14.8. The molecule has 0 bridgehead atoms. The van der Waals surface area contributed by atoms with Crippen LogP contribution in [0.4, 0.5) is 10.7 Å². The molecular weight excluding hydrogens is 448 g/mol. The van der Waals surface area contributed by atoms with E-state index >= 15 is 0 Å². The first-order valence-corrected chi connectivity index (χ1v) is 11.1. The lowest BCUT2D eigenvalue weighted by Gasteiger charge is -2.11. The largest absolute Gasteiger partial charge is 0.322 e. The topological polar surface area (TPSA) is 58.2 Å². The van der Waals surface area contributed by atoms with Crippen molar-refractivity contribution in [3.63, 3.8) is 0 Å². The summed E-state index contributed by atoms with van der Waals surface area (Å²) in [6.45, 7) is 6.20. The van der Waals surface area contributed by atoms with Crippen LogP contribution in [-0.4, -0.2) is 11.8 Å². The van der Waals surface area contributed by atoms with E-state index in [9.17, 15) is 9.59 Å². The third-order valence-electron chi connectivity index (χ3n) is 4.37. The van der Waals surface area contributed by atoms with Crippen LogP contribution in [0.15, 0.2) is 58.4 Å². The number of aryl methyl sites for hydroxylation is 1. The molecule has 2 N–H and O–H groups in total. The van der Waals surface area contributed by atoms with Crippen LogP contribution in [0.3, 0.4) is 0 Å². The van der Waals surface area contributed by atoms with Gasteiger partial charge >= 0.3 is 0 Å². The third-order valence-corrected chi connectivity index (χ3v) is 5.84. The van der Waals surface area contributed by atoms with Crippen molar-refractivity contribution in [1.82, 2.24) is 0 Å². The first-order chi connectivity index (χ1) is 13.8. The van der Waals surface area contributed by atoms with Gasteiger partial charge < -0.3 is 10.6 Å². The summed E-state index contributed by atoms with van der Waals surface area (Å²) in [6.07, 6.45) is 0.764. The molecule has 2 aromatic carbocycles. The minimum atomic E-state index is -0.222. The minimum Gasteiger partial charge on any atom is -0.322 e. The van der Waals surface area contributed by atoms with Gasteiger partial charge in [0.1, 0.15) is 5.00 Å². The fourth-order valence-electron chi connectivity index (χ4n) is 2.93. The van der Waals surface area contributed by atoms with Crippen molar-refractivity contribution in [1.29, 1.82) is 0 Å². The molecule has 3 aromatic rings. The van der Waals surface area contributed by atoms with Gasteiger partial charge in [-0.25, -0.2) is 0 Å². The summed E-state index contributed by atoms with van der Waals surface area (Å²) >= 11 is 4.78. The summed E-state index contributed by atoms with van der Waals surface area (Å²) in [7, 11) is 0. The highest BCUT2D eigenvalue weighted by Crippen LogP contribution is 2.31. The van der Waals surface area contributed by atoms with Crippen molar-refractivity contribution in [2.45, 2.75) is 27.2 Å². The molecule has 1 heterocycles. The molecule has 0 spiro atoms. The van der Waals surface area contributed by atoms with Crippen molar-refractivity contribution < 1.29 is 9.59 Å². The number of rotatable bonds is 6. The lowest BCUT2D eigenvalue weighted by atomic mass is 10.0. The minimum absolute atomic E-state index is 0.219. The van der Waals surface area contributed by atoms with Gasteiger partial charge in [-0.3, -0.25) is 9.59 Å². The Hall–Kier alpha value is -2.44. The number of thiophene rings is 1. The predicted octanol–water partition coefficient (Wildman–Crippen LogP) is 6.52. The van der Waals surface area contributed by atoms with Gasteiger partial charge in [-0.15, -0.1) is 11.3 Å². The molecule has 0 unspecified atom stereocenters. The summed E-state index contributed by atoms with van der Waals surface area (Å²) in [5, 5.41) is 8.40. The molecule has 2 amide bonds. The quantitative estimate of drug-likeness (QED) is 0.430. The smallest absolute Gasteiger partial charge is 0.258 e. The average molecular weight is 471 g/mol. The molecule has 0 atom stereocenters. The maximum Gasteiger partial charge on any atom is 0.258 e. The number of halogens is 1. The summed E-state index contributed by atoms with van der Waals surface area (Å²) in [5.74, 6) is -0.0476. The Morgan fingerprint density at radius 1 is 0.966 bits per heavy atom. The number of amides is 2. The number of hydrogen-bond donors (Lipinski definition) is 2.